The predicted octanol–water partition coefficient (Wildman–Crippen LogP) is 5.55. The first-order valence-corrected chi connectivity index (χ1v) is 10.6. The maximum absolute atomic E-state index is 15.0. The van der Waals surface area contributed by atoms with Crippen LogP contribution in [0.25, 0.3) is 0 Å². The van der Waals surface area contributed by atoms with Crippen LogP contribution in [0.1, 0.15) is 17.2 Å². The molecule has 0 aliphatic carbocycles. The Labute approximate surface area is 196 Å². The molecule has 0 unspecified atom stereocenters. The van der Waals surface area contributed by atoms with E-state index in [-0.39, 0.29) is 16.3 Å². The van der Waals surface area contributed by atoms with Crippen LogP contribution >= 0.6 is 11.6 Å². The highest BCUT2D eigenvalue weighted by Gasteiger charge is 2.61. The summed E-state index contributed by atoms with van der Waals surface area (Å²) in [7, 11) is 0. The first-order chi connectivity index (χ1) is 16.2. The van der Waals surface area contributed by atoms with Crippen LogP contribution in [0.5, 0.6) is 0 Å². The number of hydroxylamine groups is 1. The van der Waals surface area contributed by atoms with Gasteiger partial charge < -0.3 is 0 Å². The lowest BCUT2D eigenvalue weighted by atomic mass is 9.90. The number of carbonyl (C=O) groups excluding carboxylic acids is 2. The van der Waals surface area contributed by atoms with E-state index in [0.717, 1.165) is 18.2 Å². The Morgan fingerprint density at radius 2 is 1.53 bits per heavy atom. The number of fused-ring (bicyclic) bond motifs is 1. The third-order valence-corrected chi connectivity index (χ3v) is 6.18. The van der Waals surface area contributed by atoms with Crippen molar-refractivity contribution >= 4 is 34.8 Å². The molecule has 0 aromatic heterocycles. The van der Waals surface area contributed by atoms with E-state index in [1.807, 2.05) is 0 Å². The number of rotatable bonds is 3. The van der Waals surface area contributed by atoms with Gasteiger partial charge in [0.25, 0.3) is 5.91 Å². The third-order valence-electron chi connectivity index (χ3n) is 5.85. The van der Waals surface area contributed by atoms with Crippen LogP contribution in [0.15, 0.2) is 72.8 Å². The van der Waals surface area contributed by atoms with Gasteiger partial charge in [0, 0.05) is 10.6 Å². The molecule has 3 aromatic rings. The Kier molecular flexibility index (Phi) is 5.33. The molecular formula is C24H15ClF4N2O3. The highest BCUT2D eigenvalue weighted by atomic mass is 35.5. The van der Waals surface area contributed by atoms with Gasteiger partial charge in [-0.2, -0.15) is 13.2 Å². The molecule has 0 bridgehead atoms. The van der Waals surface area contributed by atoms with Gasteiger partial charge in [0.05, 0.1) is 16.9 Å². The summed E-state index contributed by atoms with van der Waals surface area (Å²) in [5, 5.41) is 1.28. The zero-order valence-electron chi connectivity index (χ0n) is 17.2. The van der Waals surface area contributed by atoms with Crippen LogP contribution in [0.3, 0.4) is 0 Å². The number of alkyl halides is 3. The third kappa shape index (κ3) is 3.52. The standard InChI is InChI=1S/C24H15ClF4N2O3/c25-16-10-5-11-17(26)18(16)20-19-21(34-31(20)14-7-2-1-3-8-14)23(33)30(22(19)32)15-9-4-6-13(12-15)24(27,28)29/h1-12,19-21H/t19-,20-,21-/m1/s1. The Morgan fingerprint density at radius 3 is 2.21 bits per heavy atom. The van der Waals surface area contributed by atoms with E-state index in [4.69, 9.17) is 16.4 Å². The van der Waals surface area contributed by atoms with E-state index >= 15 is 0 Å². The summed E-state index contributed by atoms with van der Waals surface area (Å²) < 4.78 is 54.6. The fraction of sp³-hybridized carbons (Fsp3) is 0.167. The van der Waals surface area contributed by atoms with E-state index in [0.29, 0.717) is 10.6 Å². The van der Waals surface area contributed by atoms with Crippen LogP contribution in [-0.4, -0.2) is 17.9 Å². The first-order valence-electron chi connectivity index (χ1n) is 10.2. The SMILES string of the molecule is O=C1[C@@H]2[C@@H](c3c(F)cccc3Cl)N(c3ccccc3)O[C@H]2C(=O)N1c1cccc(C(F)(F)F)c1. The maximum Gasteiger partial charge on any atom is 0.416 e. The Balaban J connectivity index is 1.61. The van der Waals surface area contributed by atoms with E-state index in [9.17, 15) is 27.2 Å². The second kappa shape index (κ2) is 8.11. The number of hydrogen-bond donors (Lipinski definition) is 0. The van der Waals surface area contributed by atoms with Crippen molar-refractivity contribution in [1.29, 1.82) is 0 Å². The molecule has 0 N–H and O–H groups in total. The highest BCUT2D eigenvalue weighted by Crippen LogP contribution is 2.49. The van der Waals surface area contributed by atoms with Crippen LogP contribution < -0.4 is 9.96 Å². The number of amides is 2. The number of benzene rings is 3. The van der Waals surface area contributed by atoms with Crippen LogP contribution in [0, 0.1) is 11.7 Å². The normalized spacial score (nSPS) is 22.4. The molecule has 3 aromatic carbocycles. The topological polar surface area (TPSA) is 49.9 Å². The minimum Gasteiger partial charge on any atom is -0.273 e. The summed E-state index contributed by atoms with van der Waals surface area (Å²) in [6.45, 7) is 0. The number of halogens is 5. The molecule has 5 rings (SSSR count). The van der Waals surface area contributed by atoms with Crippen molar-refractivity contribution in [2.75, 3.05) is 9.96 Å². The Hall–Kier alpha value is -3.43. The fourth-order valence-electron chi connectivity index (χ4n) is 4.38. The van der Waals surface area contributed by atoms with E-state index < -0.39 is 47.4 Å². The smallest absolute Gasteiger partial charge is 0.273 e. The molecule has 3 atom stereocenters. The molecular weight excluding hydrogens is 476 g/mol. The van der Waals surface area contributed by atoms with Crippen LogP contribution in [0.4, 0.5) is 28.9 Å². The van der Waals surface area contributed by atoms with Crippen molar-refractivity contribution < 1.29 is 32.0 Å². The zero-order valence-corrected chi connectivity index (χ0v) is 17.9. The number of anilines is 2. The summed E-state index contributed by atoms with van der Waals surface area (Å²) in [6, 6.07) is 15.2. The summed E-state index contributed by atoms with van der Waals surface area (Å²) in [6.07, 6.45) is -6.04. The largest absolute Gasteiger partial charge is 0.416 e. The molecule has 174 valence electrons. The van der Waals surface area contributed by atoms with E-state index in [1.54, 1.807) is 30.3 Å². The molecule has 2 aliphatic heterocycles. The highest BCUT2D eigenvalue weighted by molar-refractivity contribution is 6.31. The summed E-state index contributed by atoms with van der Waals surface area (Å²) >= 11 is 6.30. The Bertz CT molecular complexity index is 1260. The quantitative estimate of drug-likeness (QED) is 0.357. The van der Waals surface area contributed by atoms with Crippen molar-refractivity contribution in [2.45, 2.75) is 18.3 Å². The summed E-state index contributed by atoms with van der Waals surface area (Å²) in [5.74, 6) is -3.60. The van der Waals surface area contributed by atoms with Crippen molar-refractivity contribution in [1.82, 2.24) is 0 Å². The van der Waals surface area contributed by atoms with E-state index in [2.05, 4.69) is 0 Å². The fourth-order valence-corrected chi connectivity index (χ4v) is 4.65. The molecule has 0 spiro atoms. The second-order valence-corrected chi connectivity index (χ2v) is 8.26. The second-order valence-electron chi connectivity index (χ2n) is 7.85. The molecule has 2 heterocycles. The minimum atomic E-state index is -4.67. The van der Waals surface area contributed by atoms with Gasteiger partial charge in [-0.25, -0.2) is 14.4 Å². The van der Waals surface area contributed by atoms with Gasteiger partial charge in [0.2, 0.25) is 5.91 Å². The average Bonchev–Trinajstić information content (AvgIpc) is 3.30. The van der Waals surface area contributed by atoms with Gasteiger partial charge in [0.1, 0.15) is 17.8 Å². The monoisotopic (exact) mass is 490 g/mol. The lowest BCUT2D eigenvalue weighted by Gasteiger charge is -2.29. The summed E-state index contributed by atoms with van der Waals surface area (Å²) in [4.78, 5) is 33.2. The average molecular weight is 491 g/mol. The van der Waals surface area contributed by atoms with Gasteiger partial charge in [-0.15, -0.1) is 0 Å². The number of carbonyl (C=O) groups is 2. The van der Waals surface area contributed by atoms with Crippen molar-refractivity contribution in [2.24, 2.45) is 5.92 Å². The minimum absolute atomic E-state index is 0.0212. The lowest BCUT2D eigenvalue weighted by Crippen LogP contribution is -2.37. The van der Waals surface area contributed by atoms with Crippen molar-refractivity contribution in [3.8, 4) is 0 Å². The van der Waals surface area contributed by atoms with Crippen LogP contribution in [-0.2, 0) is 20.6 Å². The van der Waals surface area contributed by atoms with Gasteiger partial charge >= 0.3 is 6.18 Å². The molecule has 10 heteroatoms. The first kappa shape index (κ1) is 22.4. The predicted molar refractivity (Wildman–Crippen MR) is 115 cm³/mol. The maximum atomic E-state index is 15.0. The van der Waals surface area contributed by atoms with Gasteiger partial charge in [-0.1, -0.05) is 41.9 Å². The van der Waals surface area contributed by atoms with Gasteiger partial charge in [0.15, 0.2) is 6.10 Å². The molecule has 0 radical (unpaired) electrons. The lowest BCUT2D eigenvalue weighted by molar-refractivity contribution is -0.137. The molecule has 2 aliphatic rings. The molecule has 2 fully saturated rings. The molecule has 34 heavy (non-hydrogen) atoms. The number of imide groups is 1. The van der Waals surface area contributed by atoms with Crippen molar-refractivity contribution in [3.05, 3.63) is 94.8 Å². The van der Waals surface area contributed by atoms with Gasteiger partial charge in [-0.05, 0) is 42.5 Å². The number of hydrogen-bond acceptors (Lipinski definition) is 4. The molecule has 2 saturated heterocycles. The molecule has 5 nitrogen and oxygen atoms in total. The van der Waals surface area contributed by atoms with Gasteiger partial charge in [-0.3, -0.25) is 14.4 Å². The molecule has 0 saturated carbocycles. The van der Waals surface area contributed by atoms with Crippen LogP contribution in [0.2, 0.25) is 5.02 Å². The van der Waals surface area contributed by atoms with Crippen molar-refractivity contribution in [3.63, 3.8) is 0 Å². The Morgan fingerprint density at radius 1 is 0.853 bits per heavy atom. The zero-order chi connectivity index (χ0) is 24.2. The molecule has 2 amide bonds. The number of nitrogens with zero attached hydrogens (tertiary/aromatic N) is 2. The summed E-state index contributed by atoms with van der Waals surface area (Å²) in [5.41, 5.74) is -0.851. The van der Waals surface area contributed by atoms with E-state index in [1.165, 1.54) is 29.3 Å². The number of para-hydroxylation sites is 1.